The van der Waals surface area contributed by atoms with Crippen LogP contribution in [0.1, 0.15) is 12.5 Å². The van der Waals surface area contributed by atoms with Gasteiger partial charge in [0.25, 0.3) is 0 Å². The number of aryl methyl sites for hydroxylation is 1. The van der Waals surface area contributed by atoms with Gasteiger partial charge in [0.1, 0.15) is 17.4 Å². The second-order valence-electron chi connectivity index (χ2n) is 4.51. The van der Waals surface area contributed by atoms with Crippen molar-refractivity contribution in [2.45, 2.75) is 13.3 Å². The Morgan fingerprint density at radius 3 is 2.73 bits per heavy atom. The number of anilines is 1. The Kier molecular flexibility index (Phi) is 5.30. The third kappa shape index (κ3) is 4.18. The molecule has 0 aliphatic rings. The highest BCUT2D eigenvalue weighted by Gasteiger charge is 2.08. The van der Waals surface area contributed by atoms with E-state index in [1.165, 1.54) is 0 Å². The molecule has 0 fully saturated rings. The molecule has 116 valence electrons. The highest BCUT2D eigenvalue weighted by atomic mass is 19.1. The summed E-state index contributed by atoms with van der Waals surface area (Å²) in [5, 5.41) is 4.64. The maximum absolute atomic E-state index is 13.4. The lowest BCUT2D eigenvalue weighted by Crippen LogP contribution is -2.32. The maximum atomic E-state index is 13.4. The van der Waals surface area contributed by atoms with Gasteiger partial charge in [-0.2, -0.15) is 0 Å². The van der Waals surface area contributed by atoms with Crippen molar-refractivity contribution in [3.63, 3.8) is 0 Å². The molecule has 0 saturated carbocycles. The largest absolute Gasteiger partial charge is 0.473 e. The number of benzene rings is 2. The molecule has 0 unspecified atom stereocenters. The number of hydrogen-bond acceptors (Lipinski definition) is 2. The fraction of sp³-hybridized carbons (Fsp3) is 0.188. The number of amides is 2. The Balaban J connectivity index is 1.87. The first kappa shape index (κ1) is 15.8. The summed E-state index contributed by atoms with van der Waals surface area (Å²) in [7, 11) is 0. The van der Waals surface area contributed by atoms with E-state index in [-0.39, 0.29) is 12.4 Å². The fourth-order valence-corrected chi connectivity index (χ4v) is 1.88. The summed E-state index contributed by atoms with van der Waals surface area (Å²) < 4.78 is 31.8. The summed E-state index contributed by atoms with van der Waals surface area (Å²) in [5.41, 5.74) is 0.785. The SMILES string of the molecule is CCc1ccccc1OCNC(=O)Nc1cc(F)ccc1F. The summed E-state index contributed by atoms with van der Waals surface area (Å²) in [4.78, 5) is 11.6. The third-order valence-corrected chi connectivity index (χ3v) is 2.99. The minimum atomic E-state index is -0.714. The minimum absolute atomic E-state index is 0.0836. The van der Waals surface area contributed by atoms with E-state index in [9.17, 15) is 13.6 Å². The van der Waals surface area contributed by atoms with Gasteiger partial charge in [0, 0.05) is 6.07 Å². The zero-order chi connectivity index (χ0) is 15.9. The number of urea groups is 1. The van der Waals surface area contributed by atoms with Gasteiger partial charge in [-0.25, -0.2) is 13.6 Å². The average molecular weight is 306 g/mol. The van der Waals surface area contributed by atoms with Gasteiger partial charge in [0.15, 0.2) is 6.73 Å². The number of rotatable bonds is 5. The number of carbonyl (C=O) groups excluding carboxylic acids is 1. The lowest BCUT2D eigenvalue weighted by Gasteiger charge is -2.12. The highest BCUT2D eigenvalue weighted by Crippen LogP contribution is 2.18. The Bertz CT molecular complexity index is 662. The molecule has 2 aromatic rings. The van der Waals surface area contributed by atoms with Crippen LogP contribution in [0.3, 0.4) is 0 Å². The zero-order valence-electron chi connectivity index (χ0n) is 12.0. The van der Waals surface area contributed by atoms with Crippen molar-refractivity contribution in [1.29, 1.82) is 0 Å². The molecule has 0 aliphatic carbocycles. The predicted molar refractivity (Wildman–Crippen MR) is 79.8 cm³/mol. The van der Waals surface area contributed by atoms with E-state index in [0.717, 1.165) is 30.2 Å². The van der Waals surface area contributed by atoms with Gasteiger partial charge < -0.3 is 15.4 Å². The van der Waals surface area contributed by atoms with Crippen LogP contribution in [0.5, 0.6) is 5.75 Å². The van der Waals surface area contributed by atoms with Gasteiger partial charge in [0.05, 0.1) is 5.69 Å². The molecule has 0 radical (unpaired) electrons. The number of carbonyl (C=O) groups is 1. The zero-order valence-corrected chi connectivity index (χ0v) is 12.0. The smallest absolute Gasteiger partial charge is 0.321 e. The van der Waals surface area contributed by atoms with Gasteiger partial charge in [-0.15, -0.1) is 0 Å². The fourth-order valence-electron chi connectivity index (χ4n) is 1.88. The van der Waals surface area contributed by atoms with Crippen LogP contribution in [0.2, 0.25) is 0 Å². The van der Waals surface area contributed by atoms with Crippen molar-refractivity contribution in [3.8, 4) is 5.75 Å². The van der Waals surface area contributed by atoms with Crippen molar-refractivity contribution in [2.75, 3.05) is 12.0 Å². The van der Waals surface area contributed by atoms with Gasteiger partial charge in [-0.05, 0) is 30.2 Å². The normalized spacial score (nSPS) is 10.1. The van der Waals surface area contributed by atoms with Crippen molar-refractivity contribution in [1.82, 2.24) is 5.32 Å². The van der Waals surface area contributed by atoms with Crippen LogP contribution < -0.4 is 15.4 Å². The summed E-state index contributed by atoms with van der Waals surface area (Å²) in [5.74, 6) is -0.680. The molecule has 0 aliphatic heterocycles. The second kappa shape index (κ2) is 7.40. The van der Waals surface area contributed by atoms with E-state index in [1.54, 1.807) is 6.07 Å². The van der Waals surface area contributed by atoms with E-state index >= 15 is 0 Å². The predicted octanol–water partition coefficient (Wildman–Crippen LogP) is 3.69. The summed E-state index contributed by atoms with van der Waals surface area (Å²) in [6, 6.07) is 9.60. The molecule has 0 saturated heterocycles. The van der Waals surface area contributed by atoms with E-state index in [0.29, 0.717) is 5.75 Å². The van der Waals surface area contributed by atoms with E-state index in [2.05, 4.69) is 10.6 Å². The molecule has 2 rings (SSSR count). The number of para-hydroxylation sites is 1. The standard InChI is InChI=1S/C16H16F2N2O2/c1-2-11-5-3-4-6-15(11)22-10-19-16(21)20-14-9-12(17)7-8-13(14)18/h3-9H,2,10H2,1H3,(H2,19,20,21). The molecule has 0 heterocycles. The van der Waals surface area contributed by atoms with Crippen molar-refractivity contribution >= 4 is 11.7 Å². The van der Waals surface area contributed by atoms with Gasteiger partial charge >= 0.3 is 6.03 Å². The highest BCUT2D eigenvalue weighted by molar-refractivity contribution is 5.89. The summed E-state index contributed by atoms with van der Waals surface area (Å²) in [6.07, 6.45) is 0.802. The molecule has 22 heavy (non-hydrogen) atoms. The van der Waals surface area contributed by atoms with Crippen LogP contribution in [-0.2, 0) is 6.42 Å². The first-order valence-corrected chi connectivity index (χ1v) is 6.80. The number of nitrogens with one attached hydrogen (secondary N) is 2. The molecule has 2 N–H and O–H groups in total. The lowest BCUT2D eigenvalue weighted by molar-refractivity contribution is 0.234. The summed E-state index contributed by atoms with van der Waals surface area (Å²) >= 11 is 0. The number of hydrogen-bond donors (Lipinski definition) is 2. The molecule has 6 heteroatoms. The molecule has 0 atom stereocenters. The first-order chi connectivity index (χ1) is 10.6. The number of halogens is 2. The lowest BCUT2D eigenvalue weighted by atomic mass is 10.1. The molecular formula is C16H16F2N2O2. The number of ether oxygens (including phenoxy) is 1. The Labute approximate surface area is 127 Å². The van der Waals surface area contributed by atoms with Crippen LogP contribution in [0.15, 0.2) is 42.5 Å². The molecule has 0 bridgehead atoms. The van der Waals surface area contributed by atoms with Gasteiger partial charge in [0.2, 0.25) is 0 Å². The maximum Gasteiger partial charge on any atom is 0.321 e. The first-order valence-electron chi connectivity index (χ1n) is 6.80. The van der Waals surface area contributed by atoms with Crippen LogP contribution in [0.25, 0.3) is 0 Å². The monoisotopic (exact) mass is 306 g/mol. The second-order valence-corrected chi connectivity index (χ2v) is 4.51. The molecule has 2 amide bonds. The van der Waals surface area contributed by atoms with Crippen LogP contribution in [0.4, 0.5) is 19.3 Å². The van der Waals surface area contributed by atoms with Gasteiger partial charge in [-0.1, -0.05) is 25.1 Å². The molecule has 0 spiro atoms. The van der Waals surface area contributed by atoms with Crippen LogP contribution in [-0.4, -0.2) is 12.8 Å². The minimum Gasteiger partial charge on any atom is -0.473 e. The third-order valence-electron chi connectivity index (χ3n) is 2.99. The summed E-state index contributed by atoms with van der Waals surface area (Å²) in [6.45, 7) is 1.91. The van der Waals surface area contributed by atoms with E-state index in [4.69, 9.17) is 4.74 Å². The Hall–Kier alpha value is -2.63. The van der Waals surface area contributed by atoms with Crippen LogP contribution >= 0.6 is 0 Å². The van der Waals surface area contributed by atoms with Crippen molar-refractivity contribution in [2.24, 2.45) is 0 Å². The average Bonchev–Trinajstić information content (AvgIpc) is 2.51. The molecule has 0 aromatic heterocycles. The molecular weight excluding hydrogens is 290 g/mol. The van der Waals surface area contributed by atoms with Gasteiger partial charge in [-0.3, -0.25) is 0 Å². The topological polar surface area (TPSA) is 50.4 Å². The Morgan fingerprint density at radius 2 is 1.95 bits per heavy atom. The van der Waals surface area contributed by atoms with Crippen molar-refractivity contribution in [3.05, 3.63) is 59.7 Å². The van der Waals surface area contributed by atoms with E-state index in [1.807, 2.05) is 25.1 Å². The van der Waals surface area contributed by atoms with E-state index < -0.39 is 17.7 Å². The van der Waals surface area contributed by atoms with Crippen LogP contribution in [0, 0.1) is 11.6 Å². The quantitative estimate of drug-likeness (QED) is 0.828. The molecule has 2 aromatic carbocycles. The molecule has 4 nitrogen and oxygen atoms in total. The van der Waals surface area contributed by atoms with Crippen molar-refractivity contribution < 1.29 is 18.3 Å². The Morgan fingerprint density at radius 1 is 1.18 bits per heavy atom.